The number of nitrogens with two attached hydrogens (primary N) is 1. The molecule has 0 saturated carbocycles. The van der Waals surface area contributed by atoms with E-state index in [2.05, 4.69) is 10.3 Å². The molecule has 3 aromatic rings. The van der Waals surface area contributed by atoms with Crippen molar-refractivity contribution in [3.63, 3.8) is 0 Å². The molecule has 4 nitrogen and oxygen atoms in total. The highest BCUT2D eigenvalue weighted by Crippen LogP contribution is 2.34. The molecule has 2 heterocycles. The van der Waals surface area contributed by atoms with Crippen LogP contribution in [0.25, 0.3) is 22.6 Å². The van der Waals surface area contributed by atoms with Gasteiger partial charge < -0.3 is 16.0 Å². The van der Waals surface area contributed by atoms with Gasteiger partial charge in [-0.2, -0.15) is 0 Å². The molecule has 0 spiro atoms. The third kappa shape index (κ3) is 1.93. The quantitative estimate of drug-likeness (QED) is 0.634. The summed E-state index contributed by atoms with van der Waals surface area (Å²) < 4.78 is 0. The summed E-state index contributed by atoms with van der Waals surface area (Å²) in [6, 6.07) is 13.9. The first kappa shape index (κ1) is 12.9. The molecule has 0 saturated heterocycles. The van der Waals surface area contributed by atoms with Crippen LogP contribution in [0.2, 0.25) is 0 Å². The Morgan fingerprint density at radius 1 is 1.14 bits per heavy atom. The minimum Gasteiger partial charge on any atom is -0.361 e. The first-order valence-corrected chi connectivity index (χ1v) is 7.19. The summed E-state index contributed by atoms with van der Waals surface area (Å²) in [6.07, 6.45) is 3.86. The van der Waals surface area contributed by atoms with Gasteiger partial charge in [0.2, 0.25) is 0 Å². The number of aromatic nitrogens is 1. The van der Waals surface area contributed by atoms with E-state index in [-0.39, 0.29) is 5.91 Å². The van der Waals surface area contributed by atoms with Gasteiger partial charge in [0.1, 0.15) is 0 Å². The molecule has 4 rings (SSSR count). The zero-order valence-electron chi connectivity index (χ0n) is 11.9. The Morgan fingerprint density at radius 2 is 2.00 bits per heavy atom. The lowest BCUT2D eigenvalue weighted by Gasteiger charge is -2.02. The number of aromatic amines is 1. The number of carbonyl (C=O) groups is 1. The number of para-hydroxylation sites is 1. The lowest BCUT2D eigenvalue weighted by atomic mass is 10.0. The summed E-state index contributed by atoms with van der Waals surface area (Å²) in [6.45, 7) is 0.460. The van der Waals surface area contributed by atoms with Gasteiger partial charge in [-0.25, -0.2) is 0 Å². The van der Waals surface area contributed by atoms with Crippen LogP contribution in [-0.2, 0) is 11.3 Å². The monoisotopic (exact) mass is 289 g/mol. The van der Waals surface area contributed by atoms with Crippen molar-refractivity contribution in [2.24, 2.45) is 5.73 Å². The van der Waals surface area contributed by atoms with E-state index in [1.807, 2.05) is 54.7 Å². The van der Waals surface area contributed by atoms with Gasteiger partial charge in [-0.15, -0.1) is 0 Å². The highest BCUT2D eigenvalue weighted by atomic mass is 16.2. The minimum absolute atomic E-state index is 0.0746. The van der Waals surface area contributed by atoms with E-state index in [0.29, 0.717) is 12.1 Å². The predicted octanol–water partition coefficient (Wildman–Crippen LogP) is 3.12. The molecule has 0 atom stereocenters. The second kappa shape index (κ2) is 4.86. The molecule has 0 aliphatic carbocycles. The Hall–Kier alpha value is -2.85. The van der Waals surface area contributed by atoms with Gasteiger partial charge in [0.25, 0.3) is 5.91 Å². The number of H-pyrrole nitrogens is 1. The number of hydrogen-bond acceptors (Lipinski definition) is 2. The van der Waals surface area contributed by atoms with Crippen molar-refractivity contribution in [1.29, 1.82) is 0 Å². The second-order valence-electron chi connectivity index (χ2n) is 5.39. The number of nitrogens with one attached hydrogen (secondary N) is 2. The molecule has 4 heteroatoms. The van der Waals surface area contributed by atoms with Gasteiger partial charge in [0.15, 0.2) is 0 Å². The number of rotatable bonds is 2. The van der Waals surface area contributed by atoms with Crippen molar-refractivity contribution in [2.75, 3.05) is 5.32 Å². The lowest BCUT2D eigenvalue weighted by molar-refractivity contribution is -0.110. The number of fused-ring (bicyclic) bond motifs is 2. The normalized spacial score (nSPS) is 15.3. The maximum absolute atomic E-state index is 12.3. The fraction of sp³-hybridized carbons (Fsp3) is 0.0556. The van der Waals surface area contributed by atoms with E-state index in [0.717, 1.165) is 33.3 Å². The zero-order chi connectivity index (χ0) is 15.1. The van der Waals surface area contributed by atoms with E-state index in [4.69, 9.17) is 5.73 Å². The molecule has 0 fully saturated rings. The van der Waals surface area contributed by atoms with Crippen molar-refractivity contribution in [2.45, 2.75) is 6.54 Å². The average Bonchev–Trinajstić information content (AvgIpc) is 3.09. The summed E-state index contributed by atoms with van der Waals surface area (Å²) in [5.41, 5.74) is 11.2. The number of anilines is 1. The fourth-order valence-electron chi connectivity index (χ4n) is 2.87. The average molecular weight is 289 g/mol. The van der Waals surface area contributed by atoms with Gasteiger partial charge >= 0.3 is 0 Å². The topological polar surface area (TPSA) is 70.9 Å². The van der Waals surface area contributed by atoms with Crippen LogP contribution in [-0.4, -0.2) is 10.9 Å². The maximum Gasteiger partial charge on any atom is 0.256 e. The van der Waals surface area contributed by atoms with Gasteiger partial charge in [-0.3, -0.25) is 4.79 Å². The van der Waals surface area contributed by atoms with Crippen LogP contribution in [0.5, 0.6) is 0 Å². The van der Waals surface area contributed by atoms with Crippen LogP contribution in [0.15, 0.2) is 48.7 Å². The first-order valence-electron chi connectivity index (χ1n) is 7.19. The molecule has 108 valence electrons. The third-order valence-corrected chi connectivity index (χ3v) is 4.02. The second-order valence-corrected chi connectivity index (χ2v) is 5.39. The van der Waals surface area contributed by atoms with Crippen molar-refractivity contribution in [3.05, 3.63) is 65.4 Å². The number of benzene rings is 2. The van der Waals surface area contributed by atoms with Gasteiger partial charge in [0, 0.05) is 46.0 Å². The molecule has 22 heavy (non-hydrogen) atoms. The summed E-state index contributed by atoms with van der Waals surface area (Å²) >= 11 is 0. The van der Waals surface area contributed by atoms with Gasteiger partial charge in [-0.05, 0) is 29.8 Å². The van der Waals surface area contributed by atoms with E-state index < -0.39 is 0 Å². The summed E-state index contributed by atoms with van der Waals surface area (Å²) in [5, 5.41) is 4.00. The third-order valence-electron chi connectivity index (χ3n) is 4.02. The number of hydrogen-bond donors (Lipinski definition) is 3. The van der Waals surface area contributed by atoms with Crippen LogP contribution in [0, 0.1) is 0 Å². The van der Waals surface area contributed by atoms with Crippen LogP contribution in [0.3, 0.4) is 0 Å². The van der Waals surface area contributed by atoms with Crippen LogP contribution < -0.4 is 11.1 Å². The summed E-state index contributed by atoms with van der Waals surface area (Å²) in [7, 11) is 0. The number of amides is 1. The first-order chi connectivity index (χ1) is 10.8. The molecule has 1 aliphatic heterocycles. The molecule has 0 bridgehead atoms. The van der Waals surface area contributed by atoms with E-state index in [1.54, 1.807) is 0 Å². The van der Waals surface area contributed by atoms with E-state index in [9.17, 15) is 4.79 Å². The van der Waals surface area contributed by atoms with Crippen molar-refractivity contribution >= 4 is 34.1 Å². The van der Waals surface area contributed by atoms with Gasteiger partial charge in [0.05, 0.1) is 0 Å². The molecule has 0 radical (unpaired) electrons. The predicted molar refractivity (Wildman–Crippen MR) is 89.1 cm³/mol. The summed E-state index contributed by atoms with van der Waals surface area (Å²) in [4.78, 5) is 15.5. The highest BCUT2D eigenvalue weighted by Gasteiger charge is 2.24. The molecule has 4 N–H and O–H groups in total. The molecule has 0 unspecified atom stereocenters. The smallest absolute Gasteiger partial charge is 0.256 e. The molecular weight excluding hydrogens is 274 g/mol. The molecule has 2 aromatic carbocycles. The number of carbonyl (C=O) groups excluding carboxylic acids is 1. The van der Waals surface area contributed by atoms with Crippen LogP contribution in [0.1, 0.15) is 16.7 Å². The van der Waals surface area contributed by atoms with Crippen LogP contribution in [0.4, 0.5) is 5.69 Å². The standard InChI is InChI=1S/C18H15N3O/c19-9-11-5-6-17-14(7-11)15(18(22)21-17)8-12-10-20-16-4-2-1-3-13(12)16/h1-8,10,20H,9,19H2,(H,21,22)/b15-8+. The molecule has 1 aliphatic rings. The Bertz CT molecular complexity index is 921. The Labute approximate surface area is 127 Å². The lowest BCUT2D eigenvalue weighted by Crippen LogP contribution is -2.03. The largest absolute Gasteiger partial charge is 0.361 e. The van der Waals surface area contributed by atoms with E-state index >= 15 is 0 Å². The Balaban J connectivity index is 1.88. The van der Waals surface area contributed by atoms with Gasteiger partial charge in [-0.1, -0.05) is 24.3 Å². The maximum atomic E-state index is 12.3. The fourth-order valence-corrected chi connectivity index (χ4v) is 2.87. The minimum atomic E-state index is -0.0746. The highest BCUT2D eigenvalue weighted by molar-refractivity contribution is 6.35. The van der Waals surface area contributed by atoms with E-state index in [1.165, 1.54) is 0 Å². The molecule has 1 aromatic heterocycles. The van der Waals surface area contributed by atoms with Crippen molar-refractivity contribution in [1.82, 2.24) is 4.98 Å². The van der Waals surface area contributed by atoms with Crippen LogP contribution >= 0.6 is 0 Å². The SMILES string of the molecule is NCc1ccc2c(c1)/C(=C\c1c[nH]c3ccccc13)C(=O)N2. The Kier molecular flexibility index (Phi) is 2.84. The zero-order valence-corrected chi connectivity index (χ0v) is 11.9. The van der Waals surface area contributed by atoms with Crippen molar-refractivity contribution < 1.29 is 4.79 Å². The van der Waals surface area contributed by atoms with Crippen molar-refractivity contribution in [3.8, 4) is 0 Å². The summed E-state index contributed by atoms with van der Waals surface area (Å²) in [5.74, 6) is -0.0746. The molecule has 1 amide bonds. The molecular formula is C18H15N3O. The Morgan fingerprint density at radius 3 is 2.86 bits per heavy atom.